The minimum absolute atomic E-state index is 0.149. The molecule has 7 heteroatoms. The molecule has 3 amide bonds. The van der Waals surface area contributed by atoms with E-state index in [0.29, 0.717) is 10.7 Å². The molecule has 0 saturated heterocycles. The highest BCUT2D eigenvalue weighted by molar-refractivity contribution is 6.30. The summed E-state index contributed by atoms with van der Waals surface area (Å²) in [4.78, 5) is 29.8. The van der Waals surface area contributed by atoms with Gasteiger partial charge in [-0.25, -0.2) is 4.79 Å². The highest BCUT2D eigenvalue weighted by atomic mass is 35.5. The van der Waals surface area contributed by atoms with Crippen molar-refractivity contribution in [3.05, 3.63) is 137 Å². The fourth-order valence-corrected chi connectivity index (χ4v) is 4.68. The van der Waals surface area contributed by atoms with E-state index in [1.807, 2.05) is 91.1 Å². The molecule has 1 heterocycles. The Morgan fingerprint density at radius 1 is 0.711 bits per heavy atom. The van der Waals surface area contributed by atoms with E-state index in [4.69, 9.17) is 11.6 Å². The number of carbonyl (C=O) groups excluding carboxylic acids is 2. The molecular formula is C31H27ClN4O2. The van der Waals surface area contributed by atoms with Crippen LogP contribution in [0.2, 0.25) is 5.02 Å². The lowest BCUT2D eigenvalue weighted by molar-refractivity contribution is -0.121. The normalized spacial score (nSPS) is 12.4. The fourth-order valence-electron chi connectivity index (χ4n) is 4.56. The van der Waals surface area contributed by atoms with Crippen molar-refractivity contribution in [3.8, 4) is 0 Å². The minimum atomic E-state index is -0.544. The molecule has 0 aliphatic rings. The van der Waals surface area contributed by atoms with Crippen LogP contribution in [0.5, 0.6) is 0 Å². The van der Waals surface area contributed by atoms with E-state index in [0.717, 1.165) is 27.6 Å². The third-order valence-corrected chi connectivity index (χ3v) is 6.63. The average Bonchev–Trinajstić information content (AvgIpc) is 3.35. The molecule has 1 aromatic heterocycles. The molecule has 0 saturated carbocycles. The quantitative estimate of drug-likeness (QED) is 0.181. The number of rotatable bonds is 8. The molecule has 2 atom stereocenters. The Kier molecular flexibility index (Phi) is 7.71. The van der Waals surface area contributed by atoms with Crippen molar-refractivity contribution in [1.29, 1.82) is 0 Å². The summed E-state index contributed by atoms with van der Waals surface area (Å²) < 4.78 is 0. The summed E-state index contributed by atoms with van der Waals surface area (Å²) in [5.41, 5.74) is 4.24. The number of aromatic amines is 1. The van der Waals surface area contributed by atoms with Crippen molar-refractivity contribution in [2.75, 3.05) is 5.32 Å². The number of hydrogen-bond donors (Lipinski definition) is 4. The first-order valence-electron chi connectivity index (χ1n) is 12.3. The number of anilines is 1. The molecule has 4 aromatic carbocycles. The lowest BCUT2D eigenvalue weighted by atomic mass is 9.93. The number of carbonyl (C=O) groups is 2. The number of fused-ring (bicyclic) bond motifs is 1. The fraction of sp³-hybridized carbons (Fsp3) is 0.0968. The van der Waals surface area contributed by atoms with Crippen LogP contribution in [-0.4, -0.2) is 16.9 Å². The Labute approximate surface area is 226 Å². The maximum atomic E-state index is 13.4. The lowest BCUT2D eigenvalue weighted by Crippen LogP contribution is -2.42. The largest absolute Gasteiger partial charge is 0.361 e. The highest BCUT2D eigenvalue weighted by Gasteiger charge is 2.28. The van der Waals surface area contributed by atoms with Crippen molar-refractivity contribution < 1.29 is 9.59 Å². The Bertz CT molecular complexity index is 1520. The lowest BCUT2D eigenvalue weighted by Gasteiger charge is -2.30. The zero-order chi connectivity index (χ0) is 26.3. The van der Waals surface area contributed by atoms with Crippen LogP contribution in [0.3, 0.4) is 0 Å². The van der Waals surface area contributed by atoms with Gasteiger partial charge in [-0.15, -0.1) is 0 Å². The molecule has 0 fully saturated rings. The molecule has 0 radical (unpaired) electrons. The van der Waals surface area contributed by atoms with Crippen LogP contribution >= 0.6 is 11.6 Å². The van der Waals surface area contributed by atoms with Gasteiger partial charge in [0.25, 0.3) is 0 Å². The van der Waals surface area contributed by atoms with Crippen LogP contribution in [0.25, 0.3) is 10.9 Å². The zero-order valence-electron chi connectivity index (χ0n) is 20.5. The summed E-state index contributed by atoms with van der Waals surface area (Å²) in [6.07, 6.45) is 2.07. The van der Waals surface area contributed by atoms with Crippen molar-refractivity contribution in [2.24, 2.45) is 0 Å². The second-order valence-corrected chi connectivity index (χ2v) is 9.42. The number of amides is 3. The average molecular weight is 523 g/mol. The van der Waals surface area contributed by atoms with Gasteiger partial charge < -0.3 is 20.9 Å². The number of aromatic nitrogens is 1. The van der Waals surface area contributed by atoms with E-state index in [-0.39, 0.29) is 12.3 Å². The Morgan fingerprint density at radius 2 is 1.29 bits per heavy atom. The predicted molar refractivity (Wildman–Crippen MR) is 152 cm³/mol. The van der Waals surface area contributed by atoms with Gasteiger partial charge in [-0.3, -0.25) is 4.79 Å². The van der Waals surface area contributed by atoms with Crippen LogP contribution in [0.4, 0.5) is 10.5 Å². The van der Waals surface area contributed by atoms with Crippen molar-refractivity contribution in [3.63, 3.8) is 0 Å². The molecule has 190 valence electrons. The van der Waals surface area contributed by atoms with Gasteiger partial charge >= 0.3 is 6.03 Å². The topological polar surface area (TPSA) is 86.0 Å². The number of urea groups is 1. The molecule has 0 aliphatic carbocycles. The maximum absolute atomic E-state index is 13.4. The van der Waals surface area contributed by atoms with E-state index < -0.39 is 18.1 Å². The first kappa shape index (κ1) is 25.1. The number of halogens is 1. The molecule has 0 spiro atoms. The van der Waals surface area contributed by atoms with Gasteiger partial charge in [-0.1, -0.05) is 90.5 Å². The zero-order valence-corrected chi connectivity index (χ0v) is 21.3. The van der Waals surface area contributed by atoms with Crippen LogP contribution in [0, 0.1) is 0 Å². The molecule has 6 nitrogen and oxygen atoms in total. The van der Waals surface area contributed by atoms with E-state index >= 15 is 0 Å². The molecule has 5 aromatic rings. The number of hydrogen-bond acceptors (Lipinski definition) is 2. The van der Waals surface area contributed by atoms with Crippen molar-refractivity contribution in [2.45, 2.75) is 18.5 Å². The van der Waals surface area contributed by atoms with Crippen molar-refractivity contribution >= 4 is 40.1 Å². The van der Waals surface area contributed by atoms with Gasteiger partial charge in [0, 0.05) is 27.8 Å². The summed E-state index contributed by atoms with van der Waals surface area (Å²) in [6.45, 7) is 0. The van der Waals surface area contributed by atoms with E-state index in [1.54, 1.807) is 24.3 Å². The van der Waals surface area contributed by atoms with Crippen LogP contribution in [-0.2, 0) is 11.2 Å². The van der Waals surface area contributed by atoms with Gasteiger partial charge in [-0.2, -0.15) is 0 Å². The van der Waals surface area contributed by atoms with Crippen LogP contribution < -0.4 is 16.0 Å². The van der Waals surface area contributed by atoms with Gasteiger partial charge in [0.15, 0.2) is 0 Å². The monoisotopic (exact) mass is 522 g/mol. The Morgan fingerprint density at radius 3 is 1.95 bits per heavy atom. The van der Waals surface area contributed by atoms with Crippen LogP contribution in [0.1, 0.15) is 28.8 Å². The number of para-hydroxylation sites is 1. The molecule has 2 unspecified atom stereocenters. The van der Waals surface area contributed by atoms with Gasteiger partial charge in [-0.05, 0) is 47.0 Å². The van der Waals surface area contributed by atoms with Gasteiger partial charge in [0.05, 0.1) is 18.5 Å². The summed E-state index contributed by atoms with van der Waals surface area (Å²) in [6, 6.07) is 32.6. The van der Waals surface area contributed by atoms with Gasteiger partial charge in [0.1, 0.15) is 0 Å². The maximum Gasteiger partial charge on any atom is 0.319 e. The molecular weight excluding hydrogens is 496 g/mol. The van der Waals surface area contributed by atoms with E-state index in [1.165, 1.54) is 0 Å². The number of benzene rings is 4. The van der Waals surface area contributed by atoms with Crippen LogP contribution in [0.15, 0.2) is 115 Å². The second kappa shape index (κ2) is 11.7. The number of nitrogens with one attached hydrogen (secondary N) is 4. The predicted octanol–water partition coefficient (Wildman–Crippen LogP) is 6.78. The third kappa shape index (κ3) is 6.05. The molecule has 0 aliphatic heterocycles. The summed E-state index contributed by atoms with van der Waals surface area (Å²) in [5, 5.41) is 10.7. The third-order valence-electron chi connectivity index (χ3n) is 6.38. The first-order valence-corrected chi connectivity index (χ1v) is 12.7. The SMILES string of the molecule is O=C(Cc1c[nH]c2ccccc12)NC(c1ccccc1)C(NC(=O)Nc1ccc(Cl)cc1)c1ccccc1. The Hall–Kier alpha value is -4.55. The van der Waals surface area contributed by atoms with E-state index in [9.17, 15) is 9.59 Å². The Balaban J connectivity index is 1.43. The molecule has 38 heavy (non-hydrogen) atoms. The summed E-state index contributed by atoms with van der Waals surface area (Å²) in [7, 11) is 0. The van der Waals surface area contributed by atoms with Gasteiger partial charge in [0.2, 0.25) is 5.91 Å². The smallest absolute Gasteiger partial charge is 0.319 e. The second-order valence-electron chi connectivity index (χ2n) is 8.99. The molecule has 5 rings (SSSR count). The molecule has 4 N–H and O–H groups in total. The number of H-pyrrole nitrogens is 1. The molecule has 0 bridgehead atoms. The van der Waals surface area contributed by atoms with Crippen molar-refractivity contribution in [1.82, 2.24) is 15.6 Å². The summed E-state index contributed by atoms with van der Waals surface area (Å²) in [5.74, 6) is -0.149. The highest BCUT2D eigenvalue weighted by Crippen LogP contribution is 2.30. The standard InChI is InChI=1S/C31H27ClN4O2/c32-24-15-17-25(18-16-24)34-31(38)36-30(22-11-5-2-6-12-22)29(21-9-3-1-4-10-21)35-28(37)19-23-20-33-27-14-8-7-13-26(23)27/h1-18,20,29-30,33H,19H2,(H,35,37)(H2,34,36,38). The minimum Gasteiger partial charge on any atom is -0.361 e. The summed E-state index contributed by atoms with van der Waals surface area (Å²) >= 11 is 5.98. The van der Waals surface area contributed by atoms with E-state index in [2.05, 4.69) is 20.9 Å². The first-order chi connectivity index (χ1) is 18.6.